The molecular formula is C26H25ClF2N6O5S2. The topological polar surface area (TPSA) is 144 Å². The molecule has 1 aromatic carbocycles. The molecule has 0 bridgehead atoms. The lowest BCUT2D eigenvalue weighted by Crippen LogP contribution is -2.42. The van der Waals surface area contributed by atoms with Crippen molar-refractivity contribution in [2.45, 2.75) is 36.7 Å². The van der Waals surface area contributed by atoms with Gasteiger partial charge in [0.1, 0.15) is 5.65 Å². The average molecular weight is 639 g/mol. The Kier molecular flexibility index (Phi) is 8.29. The molecule has 1 saturated heterocycles. The van der Waals surface area contributed by atoms with E-state index < -0.39 is 36.6 Å². The highest BCUT2D eigenvalue weighted by Crippen LogP contribution is 2.25. The maximum Gasteiger partial charge on any atom is 0.269 e. The predicted octanol–water partition coefficient (Wildman–Crippen LogP) is 3.60. The van der Waals surface area contributed by atoms with Crippen LogP contribution >= 0.6 is 10.7 Å². The summed E-state index contributed by atoms with van der Waals surface area (Å²) < 4.78 is 77.0. The molecule has 4 heterocycles. The van der Waals surface area contributed by atoms with Crippen molar-refractivity contribution in [3.63, 3.8) is 0 Å². The Balaban J connectivity index is 1.44. The number of alkyl halides is 2. The Morgan fingerprint density at radius 3 is 2.36 bits per heavy atom. The molecule has 0 atom stereocenters. The first-order valence-electron chi connectivity index (χ1n) is 12.7. The molecule has 4 aromatic rings. The van der Waals surface area contributed by atoms with Gasteiger partial charge >= 0.3 is 0 Å². The van der Waals surface area contributed by atoms with E-state index in [9.17, 15) is 30.4 Å². The number of aromatic nitrogens is 4. The molecular weight excluding hydrogens is 614 g/mol. The zero-order chi connectivity index (χ0) is 30.2. The zero-order valence-electron chi connectivity index (χ0n) is 22.1. The summed E-state index contributed by atoms with van der Waals surface area (Å²) in [6, 6.07) is 10.2. The maximum atomic E-state index is 13.8. The number of nitrogens with one attached hydrogen (secondary N) is 1. The van der Waals surface area contributed by atoms with Crippen molar-refractivity contribution in [2.75, 3.05) is 24.7 Å². The number of rotatable bonds is 8. The van der Waals surface area contributed by atoms with Gasteiger partial charge in [-0.2, -0.15) is 4.98 Å². The summed E-state index contributed by atoms with van der Waals surface area (Å²) in [4.78, 5) is 25.9. The van der Waals surface area contributed by atoms with Gasteiger partial charge in [-0.3, -0.25) is 14.3 Å². The van der Waals surface area contributed by atoms with Crippen LogP contribution in [0.3, 0.4) is 0 Å². The minimum atomic E-state index is -3.95. The second-order valence-corrected chi connectivity index (χ2v) is 14.4. The van der Waals surface area contributed by atoms with Crippen LogP contribution < -0.4 is 10.9 Å². The number of pyridine rings is 2. The van der Waals surface area contributed by atoms with Gasteiger partial charge < -0.3 is 5.32 Å². The molecule has 0 spiro atoms. The van der Waals surface area contributed by atoms with Gasteiger partial charge in [-0.05, 0) is 36.6 Å². The maximum absolute atomic E-state index is 13.8. The monoisotopic (exact) mass is 638 g/mol. The van der Waals surface area contributed by atoms with Crippen LogP contribution in [0.5, 0.6) is 0 Å². The number of anilines is 1. The first-order chi connectivity index (χ1) is 19.8. The summed E-state index contributed by atoms with van der Waals surface area (Å²) in [5.41, 5.74) is 0.109. The second-order valence-electron chi connectivity index (χ2n) is 9.86. The number of benzene rings is 1. The molecule has 1 N–H and O–H groups in total. The van der Waals surface area contributed by atoms with Gasteiger partial charge in [-0.15, -0.1) is 0 Å². The molecule has 0 radical (unpaired) electrons. The normalized spacial score (nSPS) is 15.4. The Morgan fingerprint density at radius 2 is 1.74 bits per heavy atom. The molecule has 1 aliphatic heterocycles. The van der Waals surface area contributed by atoms with Crippen molar-refractivity contribution in [1.82, 2.24) is 23.8 Å². The Bertz CT molecular complexity index is 1910. The third-order valence-electron chi connectivity index (χ3n) is 6.95. The second kappa shape index (κ2) is 11.6. The van der Waals surface area contributed by atoms with Crippen LogP contribution in [-0.4, -0.2) is 66.0 Å². The summed E-state index contributed by atoms with van der Waals surface area (Å²) in [5, 5.41) is 3.42. The lowest BCUT2D eigenvalue weighted by Gasteiger charge is -2.30. The van der Waals surface area contributed by atoms with Crippen LogP contribution in [0.1, 0.15) is 30.4 Å². The molecule has 16 heteroatoms. The first-order valence-corrected chi connectivity index (χ1v) is 16.9. The molecule has 5 rings (SSSR count). The SMILES string of the molecule is CS(=O)(=O)N1CCC(Nc2ncc3cc(C(F)F)c(=O)n(Cc4ccc(-c5cc(S(=O)(=O)Cl)ccn5)cc4)c3n2)CC1. The van der Waals surface area contributed by atoms with E-state index in [4.69, 9.17) is 10.7 Å². The fourth-order valence-electron chi connectivity index (χ4n) is 4.75. The molecule has 0 saturated carbocycles. The molecule has 0 amide bonds. The summed E-state index contributed by atoms with van der Waals surface area (Å²) in [7, 11) is -1.80. The standard InChI is InChI=1S/C26H25ClF2N6O5S2/c1-41(37,38)34-10-7-19(8-11-34)32-26-31-14-18-12-21(23(28)29)25(36)35(24(18)33-26)15-16-2-4-17(5-3-16)22-13-20(6-9-30-22)42(27,39)40/h2-6,9,12-14,19,23H,7-8,10-11,15H2,1H3,(H,31,32,33). The van der Waals surface area contributed by atoms with E-state index in [1.54, 1.807) is 24.3 Å². The van der Waals surface area contributed by atoms with Gasteiger partial charge in [0.05, 0.1) is 29.0 Å². The Labute approximate surface area is 244 Å². The number of fused-ring (bicyclic) bond motifs is 1. The fraction of sp³-hybridized carbons (Fsp3) is 0.308. The smallest absolute Gasteiger partial charge is 0.269 e. The van der Waals surface area contributed by atoms with Crippen molar-refractivity contribution in [2.24, 2.45) is 0 Å². The summed E-state index contributed by atoms with van der Waals surface area (Å²) in [5.74, 6) is 0.189. The van der Waals surface area contributed by atoms with Gasteiger partial charge in [-0.1, -0.05) is 24.3 Å². The largest absolute Gasteiger partial charge is 0.351 e. The van der Waals surface area contributed by atoms with Crippen molar-refractivity contribution in [3.8, 4) is 11.3 Å². The van der Waals surface area contributed by atoms with E-state index >= 15 is 0 Å². The third-order valence-corrected chi connectivity index (χ3v) is 9.60. The van der Waals surface area contributed by atoms with Crippen LogP contribution in [0.4, 0.5) is 14.7 Å². The van der Waals surface area contributed by atoms with Crippen LogP contribution in [0, 0.1) is 0 Å². The molecule has 11 nitrogen and oxygen atoms in total. The van der Waals surface area contributed by atoms with E-state index in [0.717, 1.165) is 16.9 Å². The minimum absolute atomic E-state index is 0.0805. The fourth-order valence-corrected chi connectivity index (χ4v) is 6.39. The van der Waals surface area contributed by atoms with E-state index in [1.165, 1.54) is 28.8 Å². The number of piperidine rings is 1. The molecule has 1 fully saturated rings. The van der Waals surface area contributed by atoms with Crippen LogP contribution in [0.2, 0.25) is 0 Å². The van der Waals surface area contributed by atoms with Crippen LogP contribution in [0.25, 0.3) is 22.3 Å². The summed E-state index contributed by atoms with van der Waals surface area (Å²) in [6.45, 7) is 0.594. The van der Waals surface area contributed by atoms with Gasteiger partial charge in [-0.25, -0.2) is 34.9 Å². The van der Waals surface area contributed by atoms with Gasteiger partial charge in [0.15, 0.2) is 0 Å². The predicted molar refractivity (Wildman–Crippen MR) is 154 cm³/mol. The first kappa shape index (κ1) is 29.9. The van der Waals surface area contributed by atoms with Crippen molar-refractivity contribution in [1.29, 1.82) is 0 Å². The molecule has 1 aliphatic rings. The van der Waals surface area contributed by atoms with Gasteiger partial charge in [0, 0.05) is 53.2 Å². The zero-order valence-corrected chi connectivity index (χ0v) is 24.5. The Hall–Kier alpha value is -3.53. The van der Waals surface area contributed by atoms with Crippen LogP contribution in [0.15, 0.2) is 64.5 Å². The molecule has 222 valence electrons. The summed E-state index contributed by atoms with van der Waals surface area (Å²) in [6.07, 6.45) is 1.88. The third kappa shape index (κ3) is 6.59. The number of hydrogen-bond donors (Lipinski definition) is 1. The van der Waals surface area contributed by atoms with Crippen molar-refractivity contribution in [3.05, 3.63) is 76.3 Å². The molecule has 0 aliphatic carbocycles. The highest BCUT2D eigenvalue weighted by atomic mass is 35.7. The average Bonchev–Trinajstić information content (AvgIpc) is 2.94. The van der Waals surface area contributed by atoms with Gasteiger partial charge in [0.25, 0.3) is 21.0 Å². The van der Waals surface area contributed by atoms with E-state index in [0.29, 0.717) is 42.8 Å². The Morgan fingerprint density at radius 1 is 1.05 bits per heavy atom. The highest BCUT2D eigenvalue weighted by molar-refractivity contribution is 8.13. The molecule has 3 aromatic heterocycles. The van der Waals surface area contributed by atoms with Crippen LogP contribution in [-0.2, 0) is 25.6 Å². The number of nitrogens with zero attached hydrogens (tertiary/aromatic N) is 5. The lowest BCUT2D eigenvalue weighted by molar-refractivity contribution is 0.149. The molecule has 42 heavy (non-hydrogen) atoms. The molecule has 0 unspecified atom stereocenters. The number of hydrogen-bond acceptors (Lipinski definition) is 9. The van der Waals surface area contributed by atoms with Crippen molar-refractivity contribution >= 4 is 46.7 Å². The highest BCUT2D eigenvalue weighted by Gasteiger charge is 2.26. The minimum Gasteiger partial charge on any atom is -0.351 e. The van der Waals surface area contributed by atoms with E-state index in [1.807, 2.05) is 0 Å². The lowest BCUT2D eigenvalue weighted by atomic mass is 10.1. The van der Waals surface area contributed by atoms with E-state index in [-0.39, 0.29) is 34.5 Å². The number of halogens is 3. The van der Waals surface area contributed by atoms with Crippen molar-refractivity contribution < 1.29 is 25.6 Å². The summed E-state index contributed by atoms with van der Waals surface area (Å²) >= 11 is 0. The van der Waals surface area contributed by atoms with E-state index in [2.05, 4.69) is 20.3 Å². The van der Waals surface area contributed by atoms with Gasteiger partial charge in [0.2, 0.25) is 16.0 Å². The number of sulfonamides is 1. The quantitative estimate of drug-likeness (QED) is 0.286.